The van der Waals surface area contributed by atoms with Gasteiger partial charge >= 0.3 is 0 Å². The Bertz CT molecular complexity index is 952. The number of fused-ring (bicyclic) bond motifs is 1. The number of carbonyl (C=O) groups excluding carboxylic acids is 2. The van der Waals surface area contributed by atoms with Crippen LogP contribution in [0.25, 0.3) is 10.8 Å². The molecule has 0 aliphatic heterocycles. The summed E-state index contributed by atoms with van der Waals surface area (Å²) in [6, 6.07) is 13.1. The Labute approximate surface area is 165 Å². The number of hydrogen-bond acceptors (Lipinski definition) is 6. The molecule has 0 aliphatic rings. The molecule has 3 rings (SSSR count). The number of thioether (sulfide) groups is 1. The highest BCUT2D eigenvalue weighted by Crippen LogP contribution is 2.25. The van der Waals surface area contributed by atoms with Crippen molar-refractivity contribution in [1.29, 1.82) is 0 Å². The normalized spacial score (nSPS) is 11.9. The van der Waals surface area contributed by atoms with Gasteiger partial charge in [-0.15, -0.1) is 10.2 Å². The van der Waals surface area contributed by atoms with Crippen LogP contribution in [0.5, 0.6) is 0 Å². The monoisotopic (exact) mass is 400 g/mol. The topological polar surface area (TPSA) is 84.0 Å². The fourth-order valence-electron chi connectivity index (χ4n) is 2.63. The predicted octanol–water partition coefficient (Wildman–Crippen LogP) is 3.49. The molecule has 0 unspecified atom stereocenters. The Morgan fingerprint density at radius 1 is 1.15 bits per heavy atom. The molecule has 0 bridgehead atoms. The van der Waals surface area contributed by atoms with Crippen LogP contribution in [-0.2, 0) is 16.0 Å². The summed E-state index contributed by atoms with van der Waals surface area (Å²) in [5.41, 5.74) is 0.934. The van der Waals surface area contributed by atoms with Crippen LogP contribution >= 0.6 is 23.1 Å². The van der Waals surface area contributed by atoms with Gasteiger partial charge in [-0.1, -0.05) is 72.5 Å². The molecule has 2 aromatic carbocycles. The highest BCUT2D eigenvalue weighted by atomic mass is 32.2. The Morgan fingerprint density at radius 2 is 1.93 bits per heavy atom. The van der Waals surface area contributed by atoms with Crippen LogP contribution in [0, 0.1) is 0 Å². The summed E-state index contributed by atoms with van der Waals surface area (Å²) >= 11 is 2.89. The van der Waals surface area contributed by atoms with Crippen molar-refractivity contribution in [2.24, 2.45) is 0 Å². The molecular weight excluding hydrogens is 380 g/mol. The molecule has 140 valence electrons. The minimum Gasteiger partial charge on any atom is -0.344 e. The van der Waals surface area contributed by atoms with Gasteiger partial charge in [-0.25, -0.2) is 0 Å². The summed E-state index contributed by atoms with van der Waals surface area (Å²) in [5, 5.41) is 15.9. The number of carbonyl (C=O) groups is 2. The maximum absolute atomic E-state index is 12.4. The van der Waals surface area contributed by atoms with Crippen molar-refractivity contribution < 1.29 is 9.59 Å². The van der Waals surface area contributed by atoms with E-state index in [4.69, 9.17) is 0 Å². The van der Waals surface area contributed by atoms with E-state index < -0.39 is 6.04 Å². The number of nitrogens with zero attached hydrogens (tertiary/aromatic N) is 2. The first-order valence-corrected chi connectivity index (χ1v) is 10.4. The number of aromatic nitrogens is 2. The third-order valence-electron chi connectivity index (χ3n) is 3.91. The van der Waals surface area contributed by atoms with Gasteiger partial charge in [-0.2, -0.15) is 0 Å². The minimum absolute atomic E-state index is 0.200. The van der Waals surface area contributed by atoms with Gasteiger partial charge in [0.05, 0.1) is 6.42 Å². The number of hydrogen-bond donors (Lipinski definition) is 2. The summed E-state index contributed by atoms with van der Waals surface area (Å²) < 4.78 is 0.806. The third kappa shape index (κ3) is 5.05. The lowest BCUT2D eigenvalue weighted by atomic mass is 10.0. The standard InChI is InChI=1S/C19H20N4O2S2/c1-3-26-19-23-22-18(27-19)21-17(25)12(2)20-16(24)11-14-9-6-8-13-7-4-5-10-15(13)14/h4-10,12H,3,11H2,1-2H3,(H,20,24)(H,21,22,25)/t12-/m0/s1. The molecule has 1 aromatic heterocycles. The summed E-state index contributed by atoms with van der Waals surface area (Å²) in [7, 11) is 0. The average molecular weight is 401 g/mol. The van der Waals surface area contributed by atoms with E-state index >= 15 is 0 Å². The molecular formula is C19H20N4O2S2. The van der Waals surface area contributed by atoms with Crippen molar-refractivity contribution >= 4 is 50.8 Å². The summed E-state index contributed by atoms with van der Waals surface area (Å²) in [6.45, 7) is 3.68. The second kappa shape index (κ2) is 8.96. The largest absolute Gasteiger partial charge is 0.344 e. The molecule has 2 N–H and O–H groups in total. The molecule has 1 atom stereocenters. The number of benzene rings is 2. The number of rotatable bonds is 7. The molecule has 8 heteroatoms. The van der Waals surface area contributed by atoms with Crippen LogP contribution < -0.4 is 10.6 Å². The fourth-order valence-corrected chi connectivity index (χ4v) is 4.29. The van der Waals surface area contributed by atoms with E-state index in [1.807, 2.05) is 49.4 Å². The van der Waals surface area contributed by atoms with Crippen LogP contribution in [0.3, 0.4) is 0 Å². The first-order chi connectivity index (χ1) is 13.1. The molecule has 1 heterocycles. The Hall–Kier alpha value is -2.45. The highest BCUT2D eigenvalue weighted by molar-refractivity contribution is 8.01. The summed E-state index contributed by atoms with van der Waals surface area (Å²) in [5.74, 6) is 0.377. The molecule has 0 fully saturated rings. The van der Waals surface area contributed by atoms with E-state index in [-0.39, 0.29) is 18.2 Å². The smallest absolute Gasteiger partial charge is 0.248 e. The molecule has 0 aliphatic carbocycles. The van der Waals surface area contributed by atoms with Crippen molar-refractivity contribution in [3.05, 3.63) is 48.0 Å². The SMILES string of the molecule is CCSc1nnc(NC(=O)[C@H](C)NC(=O)Cc2cccc3ccccc23)s1. The number of anilines is 1. The number of amides is 2. The van der Waals surface area contributed by atoms with Crippen LogP contribution in [0.4, 0.5) is 5.13 Å². The van der Waals surface area contributed by atoms with Crippen molar-refractivity contribution in [2.75, 3.05) is 11.1 Å². The predicted molar refractivity (Wildman–Crippen MR) is 110 cm³/mol. The average Bonchev–Trinajstić information content (AvgIpc) is 3.09. The van der Waals surface area contributed by atoms with Crippen molar-refractivity contribution in [3.63, 3.8) is 0 Å². The second-order valence-electron chi connectivity index (χ2n) is 5.90. The third-order valence-corrected chi connectivity index (χ3v) is 5.76. The van der Waals surface area contributed by atoms with Crippen molar-refractivity contribution in [1.82, 2.24) is 15.5 Å². The van der Waals surface area contributed by atoms with Gasteiger partial charge in [0.25, 0.3) is 0 Å². The zero-order chi connectivity index (χ0) is 19.2. The van der Waals surface area contributed by atoms with Gasteiger partial charge in [0, 0.05) is 0 Å². The van der Waals surface area contributed by atoms with E-state index in [0.29, 0.717) is 5.13 Å². The van der Waals surface area contributed by atoms with Crippen molar-refractivity contribution in [3.8, 4) is 0 Å². The lowest BCUT2D eigenvalue weighted by molar-refractivity contribution is -0.125. The van der Waals surface area contributed by atoms with E-state index in [2.05, 4.69) is 20.8 Å². The molecule has 27 heavy (non-hydrogen) atoms. The van der Waals surface area contributed by atoms with E-state index in [9.17, 15) is 9.59 Å². The number of nitrogens with one attached hydrogen (secondary N) is 2. The maximum atomic E-state index is 12.4. The van der Waals surface area contributed by atoms with Crippen LogP contribution in [0.1, 0.15) is 19.4 Å². The summed E-state index contributed by atoms with van der Waals surface area (Å²) in [6.07, 6.45) is 0.217. The zero-order valence-electron chi connectivity index (χ0n) is 15.1. The van der Waals surface area contributed by atoms with Crippen LogP contribution in [0.2, 0.25) is 0 Å². The van der Waals surface area contributed by atoms with E-state index in [1.54, 1.807) is 18.7 Å². The van der Waals surface area contributed by atoms with Gasteiger partial charge in [-0.3, -0.25) is 14.9 Å². The van der Waals surface area contributed by atoms with Crippen LogP contribution in [-0.4, -0.2) is 33.8 Å². The van der Waals surface area contributed by atoms with Gasteiger partial charge < -0.3 is 5.32 Å². The second-order valence-corrected chi connectivity index (χ2v) is 8.39. The molecule has 0 saturated heterocycles. The fraction of sp³-hybridized carbons (Fsp3) is 0.263. The van der Waals surface area contributed by atoms with Crippen LogP contribution in [0.15, 0.2) is 46.8 Å². The molecule has 0 saturated carbocycles. The van der Waals surface area contributed by atoms with Gasteiger partial charge in [0.2, 0.25) is 16.9 Å². The molecule has 3 aromatic rings. The summed E-state index contributed by atoms with van der Waals surface area (Å²) in [4.78, 5) is 24.7. The molecule has 2 amide bonds. The molecule has 6 nitrogen and oxygen atoms in total. The quantitative estimate of drug-likeness (QED) is 0.468. The lowest BCUT2D eigenvalue weighted by Gasteiger charge is -2.13. The van der Waals surface area contributed by atoms with E-state index in [1.165, 1.54) is 11.3 Å². The Balaban J connectivity index is 1.58. The first-order valence-electron chi connectivity index (χ1n) is 8.60. The zero-order valence-corrected chi connectivity index (χ0v) is 16.7. The van der Waals surface area contributed by atoms with Gasteiger partial charge in [0.1, 0.15) is 6.04 Å². The Kier molecular flexibility index (Phi) is 6.41. The van der Waals surface area contributed by atoms with Gasteiger partial charge in [0.15, 0.2) is 4.34 Å². The maximum Gasteiger partial charge on any atom is 0.248 e. The lowest BCUT2D eigenvalue weighted by Crippen LogP contribution is -2.42. The highest BCUT2D eigenvalue weighted by Gasteiger charge is 2.18. The molecule has 0 radical (unpaired) electrons. The minimum atomic E-state index is -0.668. The first kappa shape index (κ1) is 19.3. The van der Waals surface area contributed by atoms with E-state index in [0.717, 1.165) is 26.4 Å². The molecule has 0 spiro atoms. The Morgan fingerprint density at radius 3 is 2.74 bits per heavy atom. The van der Waals surface area contributed by atoms with Crippen molar-refractivity contribution in [2.45, 2.75) is 30.6 Å². The van der Waals surface area contributed by atoms with Gasteiger partial charge in [-0.05, 0) is 29.0 Å².